The highest BCUT2D eigenvalue weighted by Gasteiger charge is 2.18. The summed E-state index contributed by atoms with van der Waals surface area (Å²) in [5.41, 5.74) is 2.56. The summed E-state index contributed by atoms with van der Waals surface area (Å²) < 4.78 is 1.99. The number of hydrogen-bond acceptors (Lipinski definition) is 1. The molecular formula is C12H19ClN2. The van der Waals surface area contributed by atoms with Crippen LogP contribution in [0.1, 0.15) is 44.4 Å². The third-order valence-corrected chi connectivity index (χ3v) is 3.37. The van der Waals surface area contributed by atoms with Crippen LogP contribution in [0.25, 0.3) is 0 Å². The standard InChI is InChI=1S/C12H19ClN2/c1-9(2)8-15-12(13)10-6-4-3-5-7-11(10)14-15/h9H,3-8H2,1-2H3. The van der Waals surface area contributed by atoms with Crippen LogP contribution in [0.5, 0.6) is 0 Å². The fourth-order valence-corrected chi connectivity index (χ4v) is 2.52. The Kier molecular flexibility index (Phi) is 3.35. The molecule has 3 heteroatoms. The molecule has 15 heavy (non-hydrogen) atoms. The van der Waals surface area contributed by atoms with Crippen molar-refractivity contribution < 1.29 is 0 Å². The Morgan fingerprint density at radius 3 is 2.73 bits per heavy atom. The van der Waals surface area contributed by atoms with Gasteiger partial charge in [-0.2, -0.15) is 5.10 Å². The van der Waals surface area contributed by atoms with E-state index in [0.717, 1.165) is 24.5 Å². The minimum absolute atomic E-state index is 0.603. The first-order valence-corrected chi connectivity index (χ1v) is 6.30. The fraction of sp³-hybridized carbons (Fsp3) is 0.750. The molecule has 0 aromatic carbocycles. The molecule has 0 spiro atoms. The highest BCUT2D eigenvalue weighted by Crippen LogP contribution is 2.27. The van der Waals surface area contributed by atoms with E-state index in [1.165, 1.54) is 30.5 Å². The van der Waals surface area contributed by atoms with Gasteiger partial charge in [0, 0.05) is 12.1 Å². The van der Waals surface area contributed by atoms with E-state index < -0.39 is 0 Å². The zero-order valence-electron chi connectivity index (χ0n) is 9.59. The Morgan fingerprint density at radius 1 is 1.27 bits per heavy atom. The number of aryl methyl sites for hydroxylation is 1. The normalized spacial score (nSPS) is 16.5. The number of aromatic nitrogens is 2. The van der Waals surface area contributed by atoms with Crippen molar-refractivity contribution in [3.8, 4) is 0 Å². The van der Waals surface area contributed by atoms with Crippen LogP contribution in [-0.2, 0) is 19.4 Å². The highest BCUT2D eigenvalue weighted by molar-refractivity contribution is 6.30. The molecule has 0 bridgehead atoms. The molecule has 0 unspecified atom stereocenters. The zero-order chi connectivity index (χ0) is 10.8. The molecule has 0 saturated heterocycles. The molecule has 2 nitrogen and oxygen atoms in total. The van der Waals surface area contributed by atoms with Gasteiger partial charge in [0.1, 0.15) is 5.15 Å². The summed E-state index contributed by atoms with van der Waals surface area (Å²) in [7, 11) is 0. The summed E-state index contributed by atoms with van der Waals surface area (Å²) in [5, 5.41) is 5.52. The molecule has 0 radical (unpaired) electrons. The number of nitrogens with zero attached hydrogens (tertiary/aromatic N) is 2. The predicted molar refractivity (Wildman–Crippen MR) is 63.3 cm³/mol. The number of rotatable bonds is 2. The van der Waals surface area contributed by atoms with E-state index in [1.807, 2.05) is 4.68 Å². The Hall–Kier alpha value is -0.500. The maximum absolute atomic E-state index is 6.36. The van der Waals surface area contributed by atoms with Gasteiger partial charge in [0.15, 0.2) is 0 Å². The third-order valence-electron chi connectivity index (χ3n) is 2.94. The number of hydrogen-bond donors (Lipinski definition) is 0. The average molecular weight is 227 g/mol. The zero-order valence-corrected chi connectivity index (χ0v) is 10.3. The summed E-state index contributed by atoms with van der Waals surface area (Å²) in [4.78, 5) is 0. The molecule has 0 saturated carbocycles. The van der Waals surface area contributed by atoms with E-state index >= 15 is 0 Å². The van der Waals surface area contributed by atoms with E-state index in [0.29, 0.717) is 5.92 Å². The predicted octanol–water partition coefficient (Wildman–Crippen LogP) is 3.46. The van der Waals surface area contributed by atoms with Crippen molar-refractivity contribution in [1.29, 1.82) is 0 Å². The number of halogens is 1. The van der Waals surface area contributed by atoms with Crippen molar-refractivity contribution in [2.75, 3.05) is 0 Å². The molecule has 1 aliphatic carbocycles. The Morgan fingerprint density at radius 2 is 2.00 bits per heavy atom. The Balaban J connectivity index is 2.27. The molecule has 0 N–H and O–H groups in total. The van der Waals surface area contributed by atoms with Crippen molar-refractivity contribution in [3.63, 3.8) is 0 Å². The SMILES string of the molecule is CC(C)Cn1nc2c(c1Cl)CCCCC2. The van der Waals surface area contributed by atoms with Gasteiger partial charge in [-0.15, -0.1) is 0 Å². The average Bonchev–Trinajstić information content (AvgIpc) is 2.40. The second-order valence-electron chi connectivity index (χ2n) is 4.85. The third kappa shape index (κ3) is 2.36. The van der Waals surface area contributed by atoms with Crippen molar-refractivity contribution in [2.24, 2.45) is 5.92 Å². The first-order chi connectivity index (χ1) is 7.18. The van der Waals surface area contributed by atoms with E-state index in [-0.39, 0.29) is 0 Å². The van der Waals surface area contributed by atoms with E-state index in [9.17, 15) is 0 Å². The van der Waals surface area contributed by atoms with E-state index in [4.69, 9.17) is 11.6 Å². The first kappa shape index (κ1) is 11.0. The molecule has 84 valence electrons. The molecule has 0 atom stereocenters. The van der Waals surface area contributed by atoms with Gasteiger partial charge >= 0.3 is 0 Å². The minimum Gasteiger partial charge on any atom is -0.253 e. The topological polar surface area (TPSA) is 17.8 Å². The van der Waals surface area contributed by atoms with Crippen molar-refractivity contribution >= 4 is 11.6 Å². The quantitative estimate of drug-likeness (QED) is 0.707. The lowest BCUT2D eigenvalue weighted by Crippen LogP contribution is -2.06. The Labute approximate surface area is 96.6 Å². The molecule has 1 aromatic rings. The minimum atomic E-state index is 0.603. The second-order valence-corrected chi connectivity index (χ2v) is 5.21. The molecule has 1 heterocycles. The fourth-order valence-electron chi connectivity index (χ4n) is 2.21. The van der Waals surface area contributed by atoms with Gasteiger partial charge in [0.25, 0.3) is 0 Å². The Bertz CT molecular complexity index is 342. The van der Waals surface area contributed by atoms with Gasteiger partial charge < -0.3 is 0 Å². The summed E-state index contributed by atoms with van der Waals surface area (Å²) in [6.45, 7) is 5.33. The van der Waals surface area contributed by atoms with Crippen molar-refractivity contribution in [2.45, 2.75) is 52.5 Å². The molecule has 0 fully saturated rings. The summed E-state index contributed by atoms with van der Waals surface area (Å²) in [6, 6.07) is 0. The van der Waals surface area contributed by atoms with E-state index in [1.54, 1.807) is 0 Å². The van der Waals surface area contributed by atoms with Gasteiger partial charge in [0.05, 0.1) is 5.69 Å². The van der Waals surface area contributed by atoms with Crippen molar-refractivity contribution in [1.82, 2.24) is 9.78 Å². The van der Waals surface area contributed by atoms with Crippen LogP contribution in [0.2, 0.25) is 5.15 Å². The van der Waals surface area contributed by atoms with Crippen LogP contribution in [0, 0.1) is 5.92 Å². The lowest BCUT2D eigenvalue weighted by molar-refractivity contribution is 0.478. The molecule has 0 amide bonds. The number of fused-ring (bicyclic) bond motifs is 1. The summed E-state index contributed by atoms with van der Waals surface area (Å²) in [5.74, 6) is 0.603. The smallest absolute Gasteiger partial charge is 0.130 e. The van der Waals surface area contributed by atoms with Crippen LogP contribution in [0.4, 0.5) is 0 Å². The molecule has 0 aliphatic heterocycles. The van der Waals surface area contributed by atoms with Crippen LogP contribution in [-0.4, -0.2) is 9.78 Å². The first-order valence-electron chi connectivity index (χ1n) is 5.92. The lowest BCUT2D eigenvalue weighted by atomic mass is 10.1. The van der Waals surface area contributed by atoms with Crippen LogP contribution in [0.15, 0.2) is 0 Å². The summed E-state index contributed by atoms with van der Waals surface area (Å²) in [6.07, 6.45) is 6.07. The molecular weight excluding hydrogens is 208 g/mol. The molecule has 1 aromatic heterocycles. The molecule has 1 aliphatic rings. The van der Waals surface area contributed by atoms with E-state index in [2.05, 4.69) is 18.9 Å². The van der Waals surface area contributed by atoms with Gasteiger partial charge in [-0.1, -0.05) is 31.9 Å². The maximum atomic E-state index is 6.36. The van der Waals surface area contributed by atoms with Gasteiger partial charge in [-0.3, -0.25) is 4.68 Å². The van der Waals surface area contributed by atoms with Crippen LogP contribution < -0.4 is 0 Å². The van der Waals surface area contributed by atoms with Gasteiger partial charge in [-0.25, -0.2) is 0 Å². The highest BCUT2D eigenvalue weighted by atomic mass is 35.5. The van der Waals surface area contributed by atoms with Crippen LogP contribution >= 0.6 is 11.6 Å². The maximum Gasteiger partial charge on any atom is 0.130 e. The van der Waals surface area contributed by atoms with Crippen LogP contribution in [0.3, 0.4) is 0 Å². The largest absolute Gasteiger partial charge is 0.253 e. The molecule has 2 rings (SSSR count). The van der Waals surface area contributed by atoms with Gasteiger partial charge in [-0.05, 0) is 31.6 Å². The van der Waals surface area contributed by atoms with Crippen molar-refractivity contribution in [3.05, 3.63) is 16.4 Å². The lowest BCUT2D eigenvalue weighted by Gasteiger charge is -2.06. The van der Waals surface area contributed by atoms with Gasteiger partial charge in [0.2, 0.25) is 0 Å². The monoisotopic (exact) mass is 226 g/mol. The summed E-state index contributed by atoms with van der Waals surface area (Å²) >= 11 is 6.36. The second kappa shape index (κ2) is 4.56.